The quantitative estimate of drug-likeness (QED) is 0.753. The molecule has 0 amide bonds. The molecule has 21 heavy (non-hydrogen) atoms. The van der Waals surface area contributed by atoms with Crippen molar-refractivity contribution in [2.75, 3.05) is 24.5 Å². The maximum atomic E-state index is 3.61. The normalized spacial score (nSPS) is 19.0. The van der Waals surface area contributed by atoms with Crippen LogP contribution in [0, 0.1) is 0 Å². The Kier molecular flexibility index (Phi) is 3.13. The number of fused-ring (bicyclic) bond motifs is 1. The van der Waals surface area contributed by atoms with Crippen molar-refractivity contribution in [3.63, 3.8) is 0 Å². The lowest BCUT2D eigenvalue weighted by Crippen LogP contribution is -2.46. The molecule has 0 spiro atoms. The minimum atomic E-state index is 0.395. The molecule has 1 atom stereocenters. The number of nitrogens with zero attached hydrogens (tertiary/aromatic N) is 1. The van der Waals surface area contributed by atoms with Crippen molar-refractivity contribution < 1.29 is 0 Å². The Morgan fingerprint density at radius 3 is 2.62 bits per heavy atom. The topological polar surface area (TPSA) is 31.1 Å². The molecule has 4 rings (SSSR count). The first-order valence-electron chi connectivity index (χ1n) is 7.51. The average Bonchev–Trinajstić information content (AvgIpc) is 3.00. The van der Waals surface area contributed by atoms with E-state index in [1.54, 1.807) is 0 Å². The molecule has 1 unspecified atom stereocenters. The molecule has 1 fully saturated rings. The summed E-state index contributed by atoms with van der Waals surface area (Å²) < 4.78 is 0. The number of hydrogen-bond acceptors (Lipinski definition) is 2. The van der Waals surface area contributed by atoms with E-state index in [0.29, 0.717) is 6.04 Å². The highest BCUT2D eigenvalue weighted by Crippen LogP contribution is 2.25. The van der Waals surface area contributed by atoms with E-state index >= 15 is 0 Å². The fourth-order valence-electron chi connectivity index (χ4n) is 3.11. The summed E-state index contributed by atoms with van der Waals surface area (Å²) in [7, 11) is 0. The van der Waals surface area contributed by atoms with Gasteiger partial charge in [-0.15, -0.1) is 0 Å². The van der Waals surface area contributed by atoms with Crippen LogP contribution in [0.4, 0.5) is 5.82 Å². The first-order chi connectivity index (χ1) is 10.4. The Morgan fingerprint density at radius 1 is 0.952 bits per heavy atom. The third-order valence-corrected chi connectivity index (χ3v) is 4.23. The van der Waals surface area contributed by atoms with Gasteiger partial charge in [-0.2, -0.15) is 0 Å². The second-order valence-electron chi connectivity index (χ2n) is 5.61. The van der Waals surface area contributed by atoms with Crippen molar-refractivity contribution >= 4 is 16.7 Å². The van der Waals surface area contributed by atoms with Gasteiger partial charge in [0.15, 0.2) is 0 Å². The highest BCUT2D eigenvalue weighted by molar-refractivity contribution is 5.84. The summed E-state index contributed by atoms with van der Waals surface area (Å²) in [6.45, 7) is 3.04. The number of aromatic amines is 1. The van der Waals surface area contributed by atoms with Gasteiger partial charge in [0.2, 0.25) is 0 Å². The van der Waals surface area contributed by atoms with E-state index in [0.717, 1.165) is 19.6 Å². The molecule has 1 aromatic heterocycles. The maximum Gasteiger partial charge on any atom is 0.107 e. The fourth-order valence-corrected chi connectivity index (χ4v) is 3.11. The summed E-state index contributed by atoms with van der Waals surface area (Å²) in [6, 6.07) is 21.8. The molecule has 2 aromatic carbocycles. The monoisotopic (exact) mass is 277 g/mol. The Balaban J connectivity index is 1.60. The number of piperazine rings is 1. The van der Waals surface area contributed by atoms with E-state index in [1.807, 2.05) is 0 Å². The molecule has 3 nitrogen and oxygen atoms in total. The van der Waals surface area contributed by atoms with Gasteiger partial charge in [0, 0.05) is 36.6 Å². The summed E-state index contributed by atoms with van der Waals surface area (Å²) in [5, 5.41) is 4.89. The van der Waals surface area contributed by atoms with Crippen molar-refractivity contribution in [1.29, 1.82) is 0 Å². The molecule has 0 bridgehead atoms. The minimum Gasteiger partial charge on any atom is -0.355 e. The van der Waals surface area contributed by atoms with Crippen LogP contribution in [0.2, 0.25) is 0 Å². The second-order valence-corrected chi connectivity index (χ2v) is 5.61. The van der Waals surface area contributed by atoms with Crippen LogP contribution in [0.25, 0.3) is 10.9 Å². The predicted octanol–water partition coefficient (Wildman–Crippen LogP) is 3.32. The molecule has 0 radical (unpaired) electrons. The van der Waals surface area contributed by atoms with E-state index < -0.39 is 0 Å². The van der Waals surface area contributed by atoms with Crippen LogP contribution >= 0.6 is 0 Å². The van der Waals surface area contributed by atoms with Gasteiger partial charge in [-0.25, -0.2) is 0 Å². The van der Waals surface area contributed by atoms with E-state index in [9.17, 15) is 0 Å². The first-order valence-corrected chi connectivity index (χ1v) is 7.51. The zero-order chi connectivity index (χ0) is 14.1. The first kappa shape index (κ1) is 12.5. The molecule has 3 heteroatoms. The van der Waals surface area contributed by atoms with E-state index in [1.165, 1.54) is 22.3 Å². The molecule has 0 saturated carbocycles. The smallest absolute Gasteiger partial charge is 0.107 e. The number of H-pyrrole nitrogens is 1. The highest BCUT2D eigenvalue weighted by Gasteiger charge is 2.21. The average molecular weight is 277 g/mol. The van der Waals surface area contributed by atoms with Gasteiger partial charge in [-0.3, -0.25) is 0 Å². The van der Waals surface area contributed by atoms with E-state index in [4.69, 9.17) is 0 Å². The van der Waals surface area contributed by atoms with Crippen LogP contribution in [0.1, 0.15) is 11.6 Å². The van der Waals surface area contributed by atoms with Crippen molar-refractivity contribution in [1.82, 2.24) is 10.3 Å². The molecule has 1 saturated heterocycles. The summed E-state index contributed by atoms with van der Waals surface area (Å²) in [5.74, 6) is 1.22. The Morgan fingerprint density at radius 2 is 1.76 bits per heavy atom. The standard InChI is InChI=1S/C18H19N3/c1-2-6-14(7-3-1)17-13-21(11-10-19-17)18-12-15-8-4-5-9-16(15)20-18/h1-9,12,17,19-20H,10-11,13H2. The zero-order valence-corrected chi connectivity index (χ0v) is 11.9. The van der Waals surface area contributed by atoms with Gasteiger partial charge in [0.1, 0.15) is 5.82 Å². The van der Waals surface area contributed by atoms with Crippen molar-refractivity contribution in [3.05, 3.63) is 66.2 Å². The lowest BCUT2D eigenvalue weighted by atomic mass is 10.0. The number of nitrogens with one attached hydrogen (secondary N) is 2. The Bertz CT molecular complexity index is 699. The Hall–Kier alpha value is -2.26. The maximum absolute atomic E-state index is 3.61. The van der Waals surface area contributed by atoms with Crippen LogP contribution < -0.4 is 10.2 Å². The highest BCUT2D eigenvalue weighted by atomic mass is 15.2. The van der Waals surface area contributed by atoms with Gasteiger partial charge in [-0.1, -0.05) is 48.5 Å². The number of hydrogen-bond donors (Lipinski definition) is 2. The van der Waals surface area contributed by atoms with Gasteiger partial charge in [-0.05, 0) is 17.7 Å². The summed E-state index contributed by atoms with van der Waals surface area (Å²) in [5.41, 5.74) is 2.57. The number of rotatable bonds is 2. The largest absolute Gasteiger partial charge is 0.355 e. The van der Waals surface area contributed by atoms with Crippen LogP contribution in [-0.2, 0) is 0 Å². The summed E-state index contributed by atoms with van der Waals surface area (Å²) in [4.78, 5) is 5.97. The molecule has 3 aromatic rings. The molecule has 0 aliphatic carbocycles. The van der Waals surface area contributed by atoms with Crippen LogP contribution in [0.5, 0.6) is 0 Å². The van der Waals surface area contributed by atoms with E-state index in [-0.39, 0.29) is 0 Å². The lowest BCUT2D eigenvalue weighted by Gasteiger charge is -2.34. The lowest BCUT2D eigenvalue weighted by molar-refractivity contribution is 0.470. The van der Waals surface area contributed by atoms with Crippen LogP contribution in [-0.4, -0.2) is 24.6 Å². The summed E-state index contributed by atoms with van der Waals surface area (Å²) >= 11 is 0. The molecule has 2 heterocycles. The summed E-state index contributed by atoms with van der Waals surface area (Å²) in [6.07, 6.45) is 0. The van der Waals surface area contributed by atoms with Crippen LogP contribution in [0.15, 0.2) is 60.7 Å². The second kappa shape index (κ2) is 5.26. The molecular weight excluding hydrogens is 258 g/mol. The molecule has 106 valence electrons. The number of benzene rings is 2. The van der Waals surface area contributed by atoms with Crippen molar-refractivity contribution in [2.24, 2.45) is 0 Å². The van der Waals surface area contributed by atoms with E-state index in [2.05, 4.69) is 75.9 Å². The molecule has 1 aliphatic rings. The zero-order valence-electron chi connectivity index (χ0n) is 11.9. The van der Waals surface area contributed by atoms with Gasteiger partial charge in [0.05, 0.1) is 0 Å². The molecule has 2 N–H and O–H groups in total. The Labute approximate surface area is 124 Å². The molecular formula is C18H19N3. The predicted molar refractivity (Wildman–Crippen MR) is 87.7 cm³/mol. The third kappa shape index (κ3) is 2.41. The fraction of sp³-hybridized carbons (Fsp3) is 0.222. The van der Waals surface area contributed by atoms with Gasteiger partial charge >= 0.3 is 0 Å². The minimum absolute atomic E-state index is 0.395. The van der Waals surface area contributed by atoms with Crippen molar-refractivity contribution in [2.45, 2.75) is 6.04 Å². The van der Waals surface area contributed by atoms with Crippen molar-refractivity contribution in [3.8, 4) is 0 Å². The number of anilines is 1. The van der Waals surface area contributed by atoms with Gasteiger partial charge < -0.3 is 15.2 Å². The van der Waals surface area contributed by atoms with Crippen LogP contribution in [0.3, 0.4) is 0 Å². The van der Waals surface area contributed by atoms with Gasteiger partial charge in [0.25, 0.3) is 0 Å². The number of para-hydroxylation sites is 1. The molecule has 1 aliphatic heterocycles. The third-order valence-electron chi connectivity index (χ3n) is 4.23. The SMILES string of the molecule is c1ccc(C2CN(c3cc4ccccc4[nH]3)CCN2)cc1. The number of aromatic nitrogens is 1.